The zero-order valence-electron chi connectivity index (χ0n) is 11.0. The average Bonchev–Trinajstić information content (AvgIpc) is 2.97. The van der Waals surface area contributed by atoms with Crippen molar-refractivity contribution in [2.75, 3.05) is 6.54 Å². The van der Waals surface area contributed by atoms with Gasteiger partial charge in [-0.05, 0) is 6.92 Å². The fraction of sp³-hybridized carbons (Fsp3) is 0.455. The van der Waals surface area contributed by atoms with E-state index in [1.165, 1.54) is 0 Å². The lowest BCUT2D eigenvalue weighted by atomic mass is 10.2. The molecule has 102 valence electrons. The summed E-state index contributed by atoms with van der Waals surface area (Å²) in [6.45, 7) is 3.37. The van der Waals surface area contributed by atoms with Crippen LogP contribution in [0.2, 0.25) is 0 Å². The molecule has 0 unspecified atom stereocenters. The second kappa shape index (κ2) is 5.61. The monoisotopic (exact) mass is 263 g/mol. The number of carbonyl (C=O) groups is 1. The van der Waals surface area contributed by atoms with Gasteiger partial charge in [-0.3, -0.25) is 14.2 Å². The van der Waals surface area contributed by atoms with E-state index in [0.29, 0.717) is 19.6 Å². The quantitative estimate of drug-likeness (QED) is 0.735. The summed E-state index contributed by atoms with van der Waals surface area (Å²) in [7, 11) is 1.86. The number of hydrogen-bond donors (Lipinski definition) is 2. The molecule has 0 aromatic carbocycles. The number of hydrogen-bond acceptors (Lipinski definition) is 5. The van der Waals surface area contributed by atoms with Gasteiger partial charge in [-0.1, -0.05) is 5.21 Å². The topological polar surface area (TPSA) is 104 Å². The molecule has 0 bridgehead atoms. The van der Waals surface area contributed by atoms with E-state index in [1.54, 1.807) is 21.8 Å². The van der Waals surface area contributed by atoms with Gasteiger partial charge in [0.15, 0.2) is 5.69 Å². The maximum atomic E-state index is 11.9. The Morgan fingerprint density at radius 2 is 2.32 bits per heavy atom. The summed E-state index contributed by atoms with van der Waals surface area (Å²) in [5.74, 6) is -0.258. The number of nitrogens with two attached hydrogens (primary N) is 1. The molecule has 2 rings (SSSR count). The highest BCUT2D eigenvalue weighted by atomic mass is 16.2. The largest absolute Gasteiger partial charge is 0.346 e. The summed E-state index contributed by atoms with van der Waals surface area (Å²) in [6.07, 6.45) is 3.32. The molecule has 0 saturated heterocycles. The second-order valence-corrected chi connectivity index (χ2v) is 4.22. The fourth-order valence-electron chi connectivity index (χ4n) is 1.63. The highest BCUT2D eigenvalue weighted by Crippen LogP contribution is 2.05. The molecule has 0 spiro atoms. The Morgan fingerprint density at radius 1 is 1.53 bits per heavy atom. The Labute approximate surface area is 110 Å². The molecular weight excluding hydrogens is 246 g/mol. The smallest absolute Gasteiger partial charge is 0.273 e. The van der Waals surface area contributed by atoms with Gasteiger partial charge in [0.2, 0.25) is 0 Å². The highest BCUT2D eigenvalue weighted by molar-refractivity contribution is 5.91. The number of nitrogens with zero attached hydrogens (tertiary/aromatic N) is 5. The first-order chi connectivity index (χ1) is 9.11. The van der Waals surface area contributed by atoms with Crippen molar-refractivity contribution in [3.05, 3.63) is 29.3 Å². The summed E-state index contributed by atoms with van der Waals surface area (Å²) in [6, 6.07) is 0. The Hall–Kier alpha value is -2.22. The summed E-state index contributed by atoms with van der Waals surface area (Å²) < 4.78 is 3.31. The van der Waals surface area contributed by atoms with E-state index in [-0.39, 0.29) is 11.6 Å². The van der Waals surface area contributed by atoms with Gasteiger partial charge in [-0.2, -0.15) is 5.10 Å². The van der Waals surface area contributed by atoms with Crippen LogP contribution in [-0.4, -0.2) is 37.2 Å². The molecule has 8 nitrogen and oxygen atoms in total. The first-order valence-electron chi connectivity index (χ1n) is 5.97. The van der Waals surface area contributed by atoms with Crippen molar-refractivity contribution >= 4 is 5.91 Å². The van der Waals surface area contributed by atoms with Crippen molar-refractivity contribution in [2.45, 2.75) is 20.0 Å². The predicted octanol–water partition coefficient (Wildman–Crippen LogP) is -0.791. The minimum absolute atomic E-state index is 0.258. The molecule has 0 fully saturated rings. The lowest BCUT2D eigenvalue weighted by molar-refractivity contribution is 0.0946. The zero-order chi connectivity index (χ0) is 13.8. The summed E-state index contributed by atoms with van der Waals surface area (Å²) in [5, 5.41) is 14.5. The molecule has 19 heavy (non-hydrogen) atoms. The molecule has 2 aromatic rings. The molecule has 0 atom stereocenters. The SMILES string of the molecule is Cc1c(CNC(=O)c2cn(CCN)nn2)cnn1C. The molecule has 0 aliphatic rings. The third-order valence-electron chi connectivity index (χ3n) is 2.91. The van der Waals surface area contributed by atoms with Crippen LogP contribution in [0.4, 0.5) is 0 Å². The molecule has 2 heterocycles. The first-order valence-corrected chi connectivity index (χ1v) is 5.97. The number of rotatable bonds is 5. The van der Waals surface area contributed by atoms with Crippen molar-refractivity contribution in [3.8, 4) is 0 Å². The minimum Gasteiger partial charge on any atom is -0.346 e. The van der Waals surface area contributed by atoms with E-state index < -0.39 is 0 Å². The van der Waals surface area contributed by atoms with Crippen LogP contribution in [0.3, 0.4) is 0 Å². The minimum atomic E-state index is -0.258. The Balaban J connectivity index is 1.95. The van der Waals surface area contributed by atoms with Crippen LogP contribution in [0.5, 0.6) is 0 Å². The zero-order valence-corrected chi connectivity index (χ0v) is 11.0. The number of nitrogens with one attached hydrogen (secondary N) is 1. The van der Waals surface area contributed by atoms with Crippen molar-refractivity contribution in [2.24, 2.45) is 12.8 Å². The maximum absolute atomic E-state index is 11.9. The normalized spacial score (nSPS) is 10.7. The molecule has 0 saturated carbocycles. The summed E-state index contributed by atoms with van der Waals surface area (Å²) >= 11 is 0. The number of aryl methyl sites for hydroxylation is 1. The first kappa shape index (κ1) is 13.2. The van der Waals surface area contributed by atoms with Crippen molar-refractivity contribution < 1.29 is 4.79 Å². The second-order valence-electron chi connectivity index (χ2n) is 4.22. The molecule has 8 heteroatoms. The van der Waals surface area contributed by atoms with E-state index in [1.807, 2.05) is 14.0 Å². The van der Waals surface area contributed by atoms with E-state index in [4.69, 9.17) is 5.73 Å². The van der Waals surface area contributed by atoms with Gasteiger partial charge >= 0.3 is 0 Å². The van der Waals surface area contributed by atoms with Crippen LogP contribution >= 0.6 is 0 Å². The van der Waals surface area contributed by atoms with Gasteiger partial charge in [0.1, 0.15) is 0 Å². The molecule has 1 amide bonds. The van der Waals surface area contributed by atoms with Gasteiger partial charge in [0, 0.05) is 31.4 Å². The van der Waals surface area contributed by atoms with Crippen LogP contribution < -0.4 is 11.1 Å². The van der Waals surface area contributed by atoms with Crippen LogP contribution in [0.1, 0.15) is 21.7 Å². The lowest BCUT2D eigenvalue weighted by Crippen LogP contribution is -2.23. The maximum Gasteiger partial charge on any atom is 0.273 e. The van der Waals surface area contributed by atoms with E-state index in [0.717, 1.165) is 11.3 Å². The van der Waals surface area contributed by atoms with Gasteiger partial charge in [0.05, 0.1) is 18.9 Å². The molecule has 3 N–H and O–H groups in total. The standard InChI is InChI=1S/C11H17N7O/c1-8-9(6-14-17(8)2)5-13-11(19)10-7-18(4-3-12)16-15-10/h6-7H,3-5,12H2,1-2H3,(H,13,19). The van der Waals surface area contributed by atoms with E-state index in [9.17, 15) is 4.79 Å². The Kier molecular flexibility index (Phi) is 3.91. The van der Waals surface area contributed by atoms with Crippen LogP contribution in [0, 0.1) is 6.92 Å². The van der Waals surface area contributed by atoms with E-state index in [2.05, 4.69) is 20.7 Å². The average molecular weight is 263 g/mol. The number of carbonyl (C=O) groups excluding carboxylic acids is 1. The third-order valence-corrected chi connectivity index (χ3v) is 2.91. The Morgan fingerprint density at radius 3 is 2.95 bits per heavy atom. The van der Waals surface area contributed by atoms with Crippen molar-refractivity contribution in [3.63, 3.8) is 0 Å². The Bertz CT molecular complexity index is 571. The van der Waals surface area contributed by atoms with Crippen LogP contribution in [-0.2, 0) is 20.1 Å². The van der Waals surface area contributed by atoms with Crippen molar-refractivity contribution in [1.29, 1.82) is 0 Å². The van der Waals surface area contributed by atoms with Crippen LogP contribution in [0.15, 0.2) is 12.4 Å². The summed E-state index contributed by atoms with van der Waals surface area (Å²) in [5.41, 5.74) is 7.69. The van der Waals surface area contributed by atoms with Gasteiger partial charge < -0.3 is 11.1 Å². The highest BCUT2D eigenvalue weighted by Gasteiger charge is 2.11. The predicted molar refractivity (Wildman–Crippen MR) is 68.2 cm³/mol. The molecular formula is C11H17N7O. The molecule has 0 aliphatic heterocycles. The summed E-state index contributed by atoms with van der Waals surface area (Å²) in [4.78, 5) is 11.9. The lowest BCUT2D eigenvalue weighted by Gasteiger charge is -2.02. The molecule has 0 aliphatic carbocycles. The molecule has 0 radical (unpaired) electrons. The number of aromatic nitrogens is 5. The van der Waals surface area contributed by atoms with Crippen LogP contribution in [0.25, 0.3) is 0 Å². The van der Waals surface area contributed by atoms with Gasteiger partial charge in [-0.25, -0.2) is 0 Å². The van der Waals surface area contributed by atoms with E-state index >= 15 is 0 Å². The van der Waals surface area contributed by atoms with Gasteiger partial charge in [-0.15, -0.1) is 5.10 Å². The third kappa shape index (κ3) is 2.97. The fourth-order valence-corrected chi connectivity index (χ4v) is 1.63. The number of amides is 1. The molecule has 2 aromatic heterocycles. The van der Waals surface area contributed by atoms with Gasteiger partial charge in [0.25, 0.3) is 5.91 Å². The van der Waals surface area contributed by atoms with Crippen molar-refractivity contribution in [1.82, 2.24) is 30.1 Å².